The van der Waals surface area contributed by atoms with Crippen molar-refractivity contribution < 1.29 is 0 Å². The second-order valence-corrected chi connectivity index (χ2v) is 4.88. The fourth-order valence-corrected chi connectivity index (χ4v) is 1.83. The number of aromatic nitrogens is 2. The molecule has 2 rings (SSSR count). The molecular formula is C16H22N4. The average Bonchev–Trinajstić information content (AvgIpc) is 2.48. The van der Waals surface area contributed by atoms with Gasteiger partial charge < -0.3 is 10.6 Å². The molecule has 1 atom stereocenters. The van der Waals surface area contributed by atoms with E-state index in [0.717, 1.165) is 25.2 Å². The van der Waals surface area contributed by atoms with Crippen LogP contribution >= 0.6 is 0 Å². The van der Waals surface area contributed by atoms with Crippen LogP contribution in [0.15, 0.2) is 42.6 Å². The maximum absolute atomic E-state index is 4.46. The molecule has 2 N–H and O–H groups in total. The standard InChI is InChI=1S/C16H22N4/c1-3-13(2)19-16-18-12-10-15(20-16)17-11-9-14-7-5-4-6-8-14/h4-8,10,12-13H,3,9,11H2,1-2H3,(H2,17,18,19,20). The summed E-state index contributed by atoms with van der Waals surface area (Å²) in [7, 11) is 0. The third kappa shape index (κ3) is 4.53. The Morgan fingerprint density at radius 3 is 2.70 bits per heavy atom. The van der Waals surface area contributed by atoms with Crippen molar-refractivity contribution in [1.82, 2.24) is 9.97 Å². The van der Waals surface area contributed by atoms with Gasteiger partial charge >= 0.3 is 0 Å². The summed E-state index contributed by atoms with van der Waals surface area (Å²) in [5.41, 5.74) is 1.33. The predicted molar refractivity (Wildman–Crippen MR) is 84.0 cm³/mol. The van der Waals surface area contributed by atoms with Crippen LogP contribution in [0.5, 0.6) is 0 Å². The van der Waals surface area contributed by atoms with Gasteiger partial charge in [-0.1, -0.05) is 37.3 Å². The third-order valence-electron chi connectivity index (χ3n) is 3.21. The molecule has 0 amide bonds. The summed E-state index contributed by atoms with van der Waals surface area (Å²) in [5.74, 6) is 1.55. The van der Waals surface area contributed by atoms with Crippen LogP contribution in [0, 0.1) is 0 Å². The number of benzene rings is 1. The first-order valence-corrected chi connectivity index (χ1v) is 7.15. The molecule has 106 valence electrons. The molecule has 0 aliphatic carbocycles. The van der Waals surface area contributed by atoms with E-state index in [4.69, 9.17) is 0 Å². The largest absolute Gasteiger partial charge is 0.370 e. The van der Waals surface area contributed by atoms with Gasteiger partial charge in [0.1, 0.15) is 5.82 Å². The summed E-state index contributed by atoms with van der Waals surface area (Å²) in [6.45, 7) is 5.13. The molecule has 4 nitrogen and oxygen atoms in total. The fraction of sp³-hybridized carbons (Fsp3) is 0.375. The Hall–Kier alpha value is -2.10. The van der Waals surface area contributed by atoms with Crippen LogP contribution in [0.3, 0.4) is 0 Å². The summed E-state index contributed by atoms with van der Waals surface area (Å²) in [5, 5.41) is 6.61. The molecule has 0 spiro atoms. The molecule has 1 aromatic carbocycles. The summed E-state index contributed by atoms with van der Waals surface area (Å²) < 4.78 is 0. The zero-order valence-corrected chi connectivity index (χ0v) is 12.1. The molecule has 0 fully saturated rings. The Bertz CT molecular complexity index is 513. The molecule has 0 aliphatic rings. The van der Waals surface area contributed by atoms with Crippen molar-refractivity contribution in [2.24, 2.45) is 0 Å². The highest BCUT2D eigenvalue weighted by Crippen LogP contribution is 2.08. The Morgan fingerprint density at radius 2 is 1.95 bits per heavy atom. The van der Waals surface area contributed by atoms with Gasteiger partial charge in [0.05, 0.1) is 0 Å². The zero-order chi connectivity index (χ0) is 14.2. The van der Waals surface area contributed by atoms with Gasteiger partial charge in [0, 0.05) is 18.8 Å². The van der Waals surface area contributed by atoms with Crippen LogP contribution < -0.4 is 10.6 Å². The van der Waals surface area contributed by atoms with Gasteiger partial charge in [-0.15, -0.1) is 0 Å². The fourth-order valence-electron chi connectivity index (χ4n) is 1.83. The van der Waals surface area contributed by atoms with Crippen molar-refractivity contribution in [3.63, 3.8) is 0 Å². The van der Waals surface area contributed by atoms with E-state index >= 15 is 0 Å². The lowest BCUT2D eigenvalue weighted by Crippen LogP contribution is -2.16. The number of nitrogens with zero attached hydrogens (tertiary/aromatic N) is 2. The molecular weight excluding hydrogens is 248 g/mol. The normalized spacial score (nSPS) is 11.9. The molecule has 2 aromatic rings. The summed E-state index contributed by atoms with van der Waals surface area (Å²) >= 11 is 0. The first-order chi connectivity index (χ1) is 9.78. The minimum atomic E-state index is 0.384. The molecule has 20 heavy (non-hydrogen) atoms. The smallest absolute Gasteiger partial charge is 0.224 e. The van der Waals surface area contributed by atoms with Crippen LogP contribution in [0.1, 0.15) is 25.8 Å². The van der Waals surface area contributed by atoms with Gasteiger partial charge in [-0.3, -0.25) is 0 Å². The van der Waals surface area contributed by atoms with Crippen LogP contribution in [0.25, 0.3) is 0 Å². The van der Waals surface area contributed by atoms with Gasteiger partial charge in [0.15, 0.2) is 0 Å². The van der Waals surface area contributed by atoms with Crippen molar-refractivity contribution in [2.45, 2.75) is 32.7 Å². The molecule has 4 heteroatoms. The quantitative estimate of drug-likeness (QED) is 0.810. The lowest BCUT2D eigenvalue weighted by atomic mass is 10.1. The van der Waals surface area contributed by atoms with E-state index in [1.54, 1.807) is 6.20 Å². The second kappa shape index (κ2) is 7.48. The lowest BCUT2D eigenvalue weighted by Gasteiger charge is -2.12. The number of nitrogens with one attached hydrogen (secondary N) is 2. The average molecular weight is 270 g/mol. The molecule has 1 aromatic heterocycles. The first kappa shape index (κ1) is 14.3. The third-order valence-corrected chi connectivity index (χ3v) is 3.21. The maximum Gasteiger partial charge on any atom is 0.224 e. The minimum Gasteiger partial charge on any atom is -0.370 e. The van der Waals surface area contributed by atoms with Gasteiger partial charge in [-0.2, -0.15) is 4.98 Å². The van der Waals surface area contributed by atoms with Crippen LogP contribution in [0.4, 0.5) is 11.8 Å². The lowest BCUT2D eigenvalue weighted by molar-refractivity contribution is 0.753. The van der Waals surface area contributed by atoms with Crippen LogP contribution in [-0.4, -0.2) is 22.6 Å². The van der Waals surface area contributed by atoms with E-state index in [0.29, 0.717) is 12.0 Å². The molecule has 0 saturated heterocycles. The Labute approximate surface area is 120 Å². The van der Waals surface area contributed by atoms with Crippen LogP contribution in [-0.2, 0) is 6.42 Å². The van der Waals surface area contributed by atoms with Crippen molar-refractivity contribution in [3.05, 3.63) is 48.2 Å². The summed E-state index contributed by atoms with van der Waals surface area (Å²) in [6, 6.07) is 12.7. The molecule has 0 saturated carbocycles. The van der Waals surface area contributed by atoms with E-state index in [9.17, 15) is 0 Å². The van der Waals surface area contributed by atoms with Crippen molar-refractivity contribution >= 4 is 11.8 Å². The highest BCUT2D eigenvalue weighted by Gasteiger charge is 2.02. The Balaban J connectivity index is 1.85. The van der Waals surface area contributed by atoms with Gasteiger partial charge in [-0.05, 0) is 31.4 Å². The van der Waals surface area contributed by atoms with Gasteiger partial charge in [0.25, 0.3) is 0 Å². The highest BCUT2D eigenvalue weighted by molar-refractivity contribution is 5.40. The molecule has 0 bridgehead atoms. The molecule has 0 aliphatic heterocycles. The van der Waals surface area contributed by atoms with E-state index in [2.05, 4.69) is 58.7 Å². The second-order valence-electron chi connectivity index (χ2n) is 4.88. The van der Waals surface area contributed by atoms with E-state index in [1.165, 1.54) is 5.56 Å². The maximum atomic E-state index is 4.46. The first-order valence-electron chi connectivity index (χ1n) is 7.15. The molecule has 1 unspecified atom stereocenters. The van der Waals surface area contributed by atoms with E-state index in [1.807, 2.05) is 12.1 Å². The zero-order valence-electron chi connectivity index (χ0n) is 12.1. The van der Waals surface area contributed by atoms with Crippen LogP contribution in [0.2, 0.25) is 0 Å². The number of anilines is 2. The van der Waals surface area contributed by atoms with Crippen molar-refractivity contribution in [1.29, 1.82) is 0 Å². The molecule has 0 radical (unpaired) electrons. The van der Waals surface area contributed by atoms with Gasteiger partial charge in [0.2, 0.25) is 5.95 Å². The van der Waals surface area contributed by atoms with E-state index < -0.39 is 0 Å². The molecule has 1 heterocycles. The number of rotatable bonds is 7. The monoisotopic (exact) mass is 270 g/mol. The van der Waals surface area contributed by atoms with Crippen molar-refractivity contribution in [2.75, 3.05) is 17.2 Å². The Kier molecular flexibility index (Phi) is 5.35. The SMILES string of the molecule is CCC(C)Nc1nccc(NCCc2ccccc2)n1. The summed E-state index contributed by atoms with van der Waals surface area (Å²) in [4.78, 5) is 8.69. The number of hydrogen-bond donors (Lipinski definition) is 2. The number of hydrogen-bond acceptors (Lipinski definition) is 4. The Morgan fingerprint density at radius 1 is 1.15 bits per heavy atom. The predicted octanol–water partition coefficient (Wildman–Crippen LogP) is 3.34. The van der Waals surface area contributed by atoms with Gasteiger partial charge in [-0.25, -0.2) is 4.98 Å². The van der Waals surface area contributed by atoms with Crippen molar-refractivity contribution in [3.8, 4) is 0 Å². The highest BCUT2D eigenvalue weighted by atomic mass is 15.1. The minimum absolute atomic E-state index is 0.384. The van der Waals surface area contributed by atoms with E-state index in [-0.39, 0.29) is 0 Å². The summed E-state index contributed by atoms with van der Waals surface area (Å²) in [6.07, 6.45) is 3.82. The topological polar surface area (TPSA) is 49.8 Å².